The standard InChI is InChI=1S/C24H20F2N4O2S/c1-16-7-5-6-10-21(16)32-14-22-28-29-24(30(22)18-8-3-2-4-9-18)33-15-23(31)27-20-13-17(25)11-12-19(20)26/h2-13H,14-15H2,1H3,(H,27,31). The molecule has 0 saturated heterocycles. The number of rotatable bonds is 8. The highest BCUT2D eigenvalue weighted by atomic mass is 32.2. The number of carbonyl (C=O) groups excluding carboxylic acids is 1. The van der Waals surface area contributed by atoms with E-state index in [0.29, 0.717) is 11.0 Å². The largest absolute Gasteiger partial charge is 0.485 e. The van der Waals surface area contributed by atoms with Gasteiger partial charge in [0.2, 0.25) is 5.91 Å². The van der Waals surface area contributed by atoms with Crippen LogP contribution in [0.3, 0.4) is 0 Å². The predicted octanol–water partition coefficient (Wildman–Crippen LogP) is 5.16. The van der Waals surface area contributed by atoms with E-state index in [9.17, 15) is 13.6 Å². The van der Waals surface area contributed by atoms with E-state index in [-0.39, 0.29) is 18.0 Å². The van der Waals surface area contributed by atoms with Crippen LogP contribution < -0.4 is 10.1 Å². The number of thioether (sulfide) groups is 1. The molecule has 0 unspecified atom stereocenters. The second-order valence-electron chi connectivity index (χ2n) is 7.08. The van der Waals surface area contributed by atoms with Gasteiger partial charge in [0.05, 0.1) is 11.4 Å². The van der Waals surface area contributed by atoms with Crippen LogP contribution in [0.2, 0.25) is 0 Å². The zero-order valence-corrected chi connectivity index (χ0v) is 18.5. The number of aryl methyl sites for hydroxylation is 1. The minimum atomic E-state index is -0.710. The maximum Gasteiger partial charge on any atom is 0.234 e. The van der Waals surface area contributed by atoms with Gasteiger partial charge in [-0.15, -0.1) is 10.2 Å². The Labute approximate surface area is 193 Å². The zero-order chi connectivity index (χ0) is 23.2. The fourth-order valence-electron chi connectivity index (χ4n) is 3.09. The second kappa shape index (κ2) is 10.3. The molecule has 1 heterocycles. The molecular formula is C24H20F2N4O2S. The van der Waals surface area contributed by atoms with Crippen molar-refractivity contribution in [2.24, 2.45) is 0 Å². The highest BCUT2D eigenvalue weighted by Crippen LogP contribution is 2.24. The first-order chi connectivity index (χ1) is 16.0. The van der Waals surface area contributed by atoms with Gasteiger partial charge in [-0.3, -0.25) is 9.36 Å². The van der Waals surface area contributed by atoms with Crippen molar-refractivity contribution < 1.29 is 18.3 Å². The van der Waals surface area contributed by atoms with Crippen molar-refractivity contribution in [1.29, 1.82) is 0 Å². The monoisotopic (exact) mass is 466 g/mol. The van der Waals surface area contributed by atoms with Crippen LogP contribution in [-0.2, 0) is 11.4 Å². The average Bonchev–Trinajstić information content (AvgIpc) is 3.23. The molecule has 9 heteroatoms. The smallest absolute Gasteiger partial charge is 0.234 e. The number of anilines is 1. The number of aromatic nitrogens is 3. The van der Waals surface area contributed by atoms with Crippen molar-refractivity contribution in [2.75, 3.05) is 11.1 Å². The van der Waals surface area contributed by atoms with E-state index >= 15 is 0 Å². The van der Waals surface area contributed by atoms with Gasteiger partial charge in [0.25, 0.3) is 0 Å². The van der Waals surface area contributed by atoms with E-state index in [1.807, 2.05) is 61.5 Å². The molecule has 0 aliphatic rings. The molecule has 1 aromatic heterocycles. The van der Waals surface area contributed by atoms with Gasteiger partial charge in [0, 0.05) is 11.8 Å². The number of hydrogen-bond donors (Lipinski definition) is 1. The van der Waals surface area contributed by atoms with Crippen LogP contribution in [0.15, 0.2) is 78.0 Å². The first-order valence-corrected chi connectivity index (χ1v) is 11.1. The van der Waals surface area contributed by atoms with E-state index in [1.54, 1.807) is 4.57 Å². The van der Waals surface area contributed by atoms with Gasteiger partial charge in [0.15, 0.2) is 11.0 Å². The first kappa shape index (κ1) is 22.5. The van der Waals surface area contributed by atoms with Crippen molar-refractivity contribution in [2.45, 2.75) is 18.7 Å². The van der Waals surface area contributed by atoms with Crippen molar-refractivity contribution in [1.82, 2.24) is 14.8 Å². The quantitative estimate of drug-likeness (QED) is 0.363. The SMILES string of the molecule is Cc1ccccc1OCc1nnc(SCC(=O)Nc2cc(F)ccc2F)n1-c1ccccc1. The molecule has 168 valence electrons. The Morgan fingerprint density at radius 1 is 1.03 bits per heavy atom. The summed E-state index contributed by atoms with van der Waals surface area (Å²) in [6, 6.07) is 20.0. The number of hydrogen-bond acceptors (Lipinski definition) is 5. The molecule has 33 heavy (non-hydrogen) atoms. The molecular weight excluding hydrogens is 446 g/mol. The molecule has 0 radical (unpaired) electrons. The number of nitrogens with one attached hydrogen (secondary N) is 1. The summed E-state index contributed by atoms with van der Waals surface area (Å²) >= 11 is 1.13. The number of carbonyl (C=O) groups is 1. The van der Waals surface area contributed by atoms with Crippen LogP contribution in [0.1, 0.15) is 11.4 Å². The zero-order valence-electron chi connectivity index (χ0n) is 17.7. The van der Waals surface area contributed by atoms with Crippen LogP contribution in [0.25, 0.3) is 5.69 Å². The Hall–Kier alpha value is -3.72. The maximum absolute atomic E-state index is 13.8. The van der Waals surface area contributed by atoms with Gasteiger partial charge in [-0.2, -0.15) is 0 Å². The number of benzene rings is 3. The summed E-state index contributed by atoms with van der Waals surface area (Å²) in [6.07, 6.45) is 0. The highest BCUT2D eigenvalue weighted by Gasteiger charge is 2.17. The highest BCUT2D eigenvalue weighted by molar-refractivity contribution is 7.99. The Kier molecular flexibility index (Phi) is 6.99. The molecule has 1 amide bonds. The summed E-state index contributed by atoms with van der Waals surface area (Å²) in [5.41, 5.74) is 1.60. The summed E-state index contributed by atoms with van der Waals surface area (Å²) in [6.45, 7) is 2.13. The topological polar surface area (TPSA) is 69.0 Å². The number of para-hydroxylation sites is 2. The summed E-state index contributed by atoms with van der Waals surface area (Å²) < 4.78 is 34.9. The lowest BCUT2D eigenvalue weighted by Gasteiger charge is -2.12. The first-order valence-electron chi connectivity index (χ1n) is 10.1. The minimum absolute atomic E-state index is 0.0699. The Balaban J connectivity index is 1.51. The Morgan fingerprint density at radius 2 is 1.79 bits per heavy atom. The molecule has 4 aromatic rings. The normalized spacial score (nSPS) is 10.8. The van der Waals surface area contributed by atoms with Crippen LogP contribution in [0.5, 0.6) is 5.75 Å². The summed E-state index contributed by atoms with van der Waals surface area (Å²) in [7, 11) is 0. The number of amides is 1. The van der Waals surface area contributed by atoms with E-state index in [2.05, 4.69) is 15.5 Å². The molecule has 0 spiro atoms. The predicted molar refractivity (Wildman–Crippen MR) is 123 cm³/mol. The lowest BCUT2D eigenvalue weighted by atomic mass is 10.2. The average molecular weight is 467 g/mol. The van der Waals surface area contributed by atoms with E-state index < -0.39 is 17.5 Å². The van der Waals surface area contributed by atoms with Gasteiger partial charge in [-0.05, 0) is 42.8 Å². The third kappa shape index (κ3) is 5.56. The van der Waals surface area contributed by atoms with E-state index in [1.165, 1.54) is 0 Å². The van der Waals surface area contributed by atoms with Crippen LogP contribution in [-0.4, -0.2) is 26.4 Å². The third-order valence-corrected chi connectivity index (χ3v) is 5.63. The van der Waals surface area contributed by atoms with Gasteiger partial charge in [-0.1, -0.05) is 48.2 Å². The summed E-state index contributed by atoms with van der Waals surface area (Å²) in [5, 5.41) is 11.3. The number of ether oxygens (including phenoxy) is 1. The fourth-order valence-corrected chi connectivity index (χ4v) is 3.86. The number of halogens is 2. The Morgan fingerprint density at radius 3 is 2.58 bits per heavy atom. The van der Waals surface area contributed by atoms with Crippen molar-refractivity contribution >= 4 is 23.4 Å². The van der Waals surface area contributed by atoms with Gasteiger partial charge < -0.3 is 10.1 Å². The van der Waals surface area contributed by atoms with Gasteiger partial charge in [0.1, 0.15) is 24.0 Å². The van der Waals surface area contributed by atoms with Crippen molar-refractivity contribution in [3.05, 3.63) is 95.8 Å². The van der Waals surface area contributed by atoms with E-state index in [4.69, 9.17) is 4.74 Å². The van der Waals surface area contributed by atoms with Gasteiger partial charge >= 0.3 is 0 Å². The maximum atomic E-state index is 13.8. The van der Waals surface area contributed by atoms with Crippen LogP contribution in [0.4, 0.5) is 14.5 Å². The molecule has 4 rings (SSSR count). The van der Waals surface area contributed by atoms with Crippen LogP contribution in [0, 0.1) is 18.6 Å². The lowest BCUT2D eigenvalue weighted by Crippen LogP contribution is -2.16. The van der Waals surface area contributed by atoms with Crippen LogP contribution >= 0.6 is 11.8 Å². The molecule has 1 N–H and O–H groups in total. The second-order valence-corrected chi connectivity index (χ2v) is 8.03. The molecule has 6 nitrogen and oxygen atoms in total. The van der Waals surface area contributed by atoms with Crippen molar-refractivity contribution in [3.8, 4) is 11.4 Å². The lowest BCUT2D eigenvalue weighted by molar-refractivity contribution is -0.113. The fraction of sp³-hybridized carbons (Fsp3) is 0.125. The molecule has 3 aromatic carbocycles. The molecule has 0 bridgehead atoms. The summed E-state index contributed by atoms with van der Waals surface area (Å²) in [5.74, 6) is -0.613. The van der Waals surface area contributed by atoms with Crippen molar-refractivity contribution in [3.63, 3.8) is 0 Å². The Bertz CT molecular complexity index is 1260. The molecule has 0 atom stereocenters. The third-order valence-electron chi connectivity index (χ3n) is 4.70. The summed E-state index contributed by atoms with van der Waals surface area (Å²) in [4.78, 5) is 12.3. The molecule has 0 fully saturated rings. The molecule has 0 aliphatic heterocycles. The minimum Gasteiger partial charge on any atom is -0.485 e. The molecule has 0 aliphatic carbocycles. The van der Waals surface area contributed by atoms with Gasteiger partial charge in [-0.25, -0.2) is 8.78 Å². The van der Waals surface area contributed by atoms with E-state index in [0.717, 1.165) is 47.0 Å². The number of nitrogens with zero attached hydrogens (tertiary/aromatic N) is 3. The molecule has 0 saturated carbocycles.